The molecule has 18 heavy (non-hydrogen) atoms. The van der Waals surface area contributed by atoms with Gasteiger partial charge < -0.3 is 9.88 Å². The van der Waals surface area contributed by atoms with Crippen LogP contribution in [-0.2, 0) is 13.6 Å². The van der Waals surface area contributed by atoms with Gasteiger partial charge in [-0.05, 0) is 50.3 Å². The van der Waals surface area contributed by atoms with Crippen LogP contribution in [0, 0.1) is 20.8 Å². The molecule has 1 saturated carbocycles. The van der Waals surface area contributed by atoms with Crippen LogP contribution in [0.3, 0.4) is 0 Å². The normalized spacial score (nSPS) is 15.6. The van der Waals surface area contributed by atoms with Gasteiger partial charge in [0.05, 0.1) is 5.52 Å². The summed E-state index contributed by atoms with van der Waals surface area (Å²) in [5, 5.41) is 5.08. The van der Waals surface area contributed by atoms with Crippen LogP contribution in [0.4, 0.5) is 0 Å². The van der Waals surface area contributed by atoms with Crippen molar-refractivity contribution in [1.29, 1.82) is 0 Å². The second-order valence-corrected chi connectivity index (χ2v) is 5.71. The van der Waals surface area contributed by atoms with Crippen molar-refractivity contribution in [3.8, 4) is 0 Å². The molecule has 0 bridgehead atoms. The second-order valence-electron chi connectivity index (χ2n) is 5.71. The largest absolute Gasteiger partial charge is 0.346 e. The predicted octanol–water partition coefficient (Wildman–Crippen LogP) is 3.36. The zero-order chi connectivity index (χ0) is 12.9. The van der Waals surface area contributed by atoms with E-state index in [0.717, 1.165) is 12.6 Å². The molecular formula is C16H22N2. The lowest BCUT2D eigenvalue weighted by Crippen LogP contribution is -2.18. The third kappa shape index (κ3) is 1.76. The van der Waals surface area contributed by atoms with Gasteiger partial charge in [-0.25, -0.2) is 0 Å². The summed E-state index contributed by atoms with van der Waals surface area (Å²) in [4.78, 5) is 0. The van der Waals surface area contributed by atoms with Crippen molar-refractivity contribution in [3.63, 3.8) is 0 Å². The van der Waals surface area contributed by atoms with Crippen molar-refractivity contribution in [2.24, 2.45) is 7.05 Å². The van der Waals surface area contributed by atoms with Crippen LogP contribution in [0.15, 0.2) is 12.1 Å². The van der Waals surface area contributed by atoms with E-state index in [1.807, 2.05) is 0 Å². The van der Waals surface area contributed by atoms with Gasteiger partial charge in [0.1, 0.15) is 0 Å². The average Bonchev–Trinajstić information content (AvgIpc) is 3.11. The maximum atomic E-state index is 3.63. The number of nitrogens with zero attached hydrogens (tertiary/aromatic N) is 1. The molecule has 1 aromatic carbocycles. The molecule has 3 rings (SSSR count). The fraction of sp³-hybridized carbons (Fsp3) is 0.500. The molecule has 1 heterocycles. The Hall–Kier alpha value is -1.28. The first kappa shape index (κ1) is 11.8. The number of benzene rings is 1. The third-order valence-electron chi connectivity index (χ3n) is 4.27. The van der Waals surface area contributed by atoms with Gasteiger partial charge in [-0.15, -0.1) is 0 Å². The van der Waals surface area contributed by atoms with Crippen LogP contribution >= 0.6 is 0 Å². The molecule has 0 radical (unpaired) electrons. The van der Waals surface area contributed by atoms with Crippen molar-refractivity contribution in [3.05, 3.63) is 34.5 Å². The summed E-state index contributed by atoms with van der Waals surface area (Å²) in [5.74, 6) is 0. The molecule has 0 spiro atoms. The predicted molar refractivity (Wildman–Crippen MR) is 77.0 cm³/mol. The van der Waals surface area contributed by atoms with Gasteiger partial charge in [-0.2, -0.15) is 0 Å². The summed E-state index contributed by atoms with van der Waals surface area (Å²) in [6.07, 6.45) is 2.70. The highest BCUT2D eigenvalue weighted by Gasteiger charge is 2.22. The monoisotopic (exact) mass is 242 g/mol. The molecular weight excluding hydrogens is 220 g/mol. The van der Waals surface area contributed by atoms with E-state index in [4.69, 9.17) is 0 Å². The number of hydrogen-bond donors (Lipinski definition) is 1. The van der Waals surface area contributed by atoms with E-state index >= 15 is 0 Å². The topological polar surface area (TPSA) is 17.0 Å². The highest BCUT2D eigenvalue weighted by Crippen LogP contribution is 2.30. The number of nitrogens with one attached hydrogen (secondary N) is 1. The van der Waals surface area contributed by atoms with Crippen LogP contribution in [0.2, 0.25) is 0 Å². The van der Waals surface area contributed by atoms with Gasteiger partial charge in [0, 0.05) is 30.7 Å². The molecule has 1 aromatic heterocycles. The second kappa shape index (κ2) is 4.13. The van der Waals surface area contributed by atoms with Gasteiger partial charge in [0.15, 0.2) is 0 Å². The average molecular weight is 242 g/mol. The fourth-order valence-electron chi connectivity index (χ4n) is 3.01. The summed E-state index contributed by atoms with van der Waals surface area (Å²) in [7, 11) is 2.20. The van der Waals surface area contributed by atoms with Gasteiger partial charge in [0.2, 0.25) is 0 Å². The Morgan fingerprint density at radius 2 is 1.83 bits per heavy atom. The van der Waals surface area contributed by atoms with E-state index in [1.54, 1.807) is 0 Å². The van der Waals surface area contributed by atoms with Crippen LogP contribution in [0.1, 0.15) is 35.2 Å². The van der Waals surface area contributed by atoms with E-state index in [2.05, 4.69) is 49.8 Å². The SMILES string of the molecule is Cc1ccc(C)c2c1c(C)c(CNC1CC1)n2C. The maximum Gasteiger partial charge on any atom is 0.0515 e. The Morgan fingerprint density at radius 1 is 1.17 bits per heavy atom. The molecule has 1 fully saturated rings. The van der Waals surface area contributed by atoms with Gasteiger partial charge in [0.25, 0.3) is 0 Å². The molecule has 0 saturated heterocycles. The minimum absolute atomic E-state index is 0.768. The van der Waals surface area contributed by atoms with Gasteiger partial charge in [-0.3, -0.25) is 0 Å². The smallest absolute Gasteiger partial charge is 0.0515 e. The minimum Gasteiger partial charge on any atom is -0.346 e. The zero-order valence-electron chi connectivity index (χ0n) is 11.8. The van der Waals surface area contributed by atoms with Crippen molar-refractivity contribution in [2.75, 3.05) is 0 Å². The van der Waals surface area contributed by atoms with E-state index in [9.17, 15) is 0 Å². The maximum absolute atomic E-state index is 3.63. The first-order valence-electron chi connectivity index (χ1n) is 6.87. The Labute approximate surface area is 109 Å². The standard InChI is InChI=1S/C16H22N2/c1-10-5-6-11(2)16-15(10)12(3)14(18(16)4)9-17-13-7-8-13/h5-6,13,17H,7-9H2,1-4H3. The van der Waals surface area contributed by atoms with Crippen LogP contribution in [0.25, 0.3) is 10.9 Å². The lowest BCUT2D eigenvalue weighted by atomic mass is 10.0. The number of fused-ring (bicyclic) bond motifs is 1. The van der Waals surface area contributed by atoms with E-state index in [1.165, 1.54) is 46.1 Å². The van der Waals surface area contributed by atoms with Gasteiger partial charge in [-0.1, -0.05) is 12.1 Å². The van der Waals surface area contributed by atoms with Crippen LogP contribution in [-0.4, -0.2) is 10.6 Å². The van der Waals surface area contributed by atoms with Crippen LogP contribution in [0.5, 0.6) is 0 Å². The third-order valence-corrected chi connectivity index (χ3v) is 4.27. The highest BCUT2D eigenvalue weighted by atomic mass is 15.0. The molecule has 0 atom stereocenters. The minimum atomic E-state index is 0.768. The fourth-order valence-corrected chi connectivity index (χ4v) is 3.01. The summed E-state index contributed by atoms with van der Waals surface area (Å²) < 4.78 is 2.38. The first-order valence-corrected chi connectivity index (χ1v) is 6.87. The molecule has 2 nitrogen and oxygen atoms in total. The Bertz CT molecular complexity index is 558. The molecule has 0 amide bonds. The van der Waals surface area contributed by atoms with Crippen molar-refractivity contribution >= 4 is 10.9 Å². The molecule has 2 aromatic rings. The molecule has 1 aliphatic carbocycles. The highest BCUT2D eigenvalue weighted by molar-refractivity contribution is 5.90. The molecule has 1 N–H and O–H groups in total. The summed E-state index contributed by atoms with van der Waals surface area (Å²) >= 11 is 0. The van der Waals surface area contributed by atoms with Gasteiger partial charge >= 0.3 is 0 Å². The summed E-state index contributed by atoms with van der Waals surface area (Å²) in [6.45, 7) is 7.69. The lowest BCUT2D eigenvalue weighted by Gasteiger charge is -2.07. The molecule has 96 valence electrons. The summed E-state index contributed by atoms with van der Waals surface area (Å²) in [5.41, 5.74) is 7.05. The number of rotatable bonds is 3. The Balaban J connectivity index is 2.13. The Morgan fingerprint density at radius 3 is 2.44 bits per heavy atom. The molecule has 0 unspecified atom stereocenters. The van der Waals surface area contributed by atoms with Crippen molar-refractivity contribution < 1.29 is 0 Å². The summed E-state index contributed by atoms with van der Waals surface area (Å²) in [6, 6.07) is 5.24. The zero-order valence-corrected chi connectivity index (χ0v) is 11.8. The first-order chi connectivity index (χ1) is 8.59. The lowest BCUT2D eigenvalue weighted by molar-refractivity contribution is 0.652. The van der Waals surface area contributed by atoms with Crippen molar-refractivity contribution in [1.82, 2.24) is 9.88 Å². The van der Waals surface area contributed by atoms with E-state index < -0.39 is 0 Å². The number of aryl methyl sites for hydroxylation is 4. The van der Waals surface area contributed by atoms with E-state index in [0.29, 0.717) is 0 Å². The van der Waals surface area contributed by atoms with E-state index in [-0.39, 0.29) is 0 Å². The quantitative estimate of drug-likeness (QED) is 0.873. The molecule has 0 aliphatic heterocycles. The number of aromatic nitrogens is 1. The number of hydrogen-bond acceptors (Lipinski definition) is 1. The van der Waals surface area contributed by atoms with Crippen LogP contribution < -0.4 is 5.32 Å². The molecule has 2 heteroatoms. The van der Waals surface area contributed by atoms with Crippen molar-refractivity contribution in [2.45, 2.75) is 46.2 Å². The Kier molecular flexibility index (Phi) is 2.70. The molecule has 1 aliphatic rings.